The van der Waals surface area contributed by atoms with Crippen molar-refractivity contribution in [2.24, 2.45) is 0 Å². The van der Waals surface area contributed by atoms with Crippen LogP contribution in [0.2, 0.25) is 0 Å². The summed E-state index contributed by atoms with van der Waals surface area (Å²) in [7, 11) is 0. The highest BCUT2D eigenvalue weighted by Gasteiger charge is 2.19. The standard InChI is InChI=1S/C7H11NO4/c1-3-5-8(6(9)10)7(11)12-4-2/h3H,1,4-5H2,2H3,(H,9,10). The van der Waals surface area contributed by atoms with Crippen LogP contribution in [0.1, 0.15) is 6.92 Å². The second-order valence-corrected chi connectivity index (χ2v) is 1.88. The van der Waals surface area contributed by atoms with Crippen LogP contribution in [0.4, 0.5) is 9.59 Å². The number of amides is 2. The fourth-order valence-electron chi connectivity index (χ4n) is 0.561. The number of nitrogens with zero attached hydrogens (tertiary/aromatic N) is 1. The molecule has 0 bridgehead atoms. The number of carboxylic acid groups (broad SMARTS) is 1. The molecule has 0 aliphatic carbocycles. The summed E-state index contributed by atoms with van der Waals surface area (Å²) in [6.45, 7) is 5.01. The zero-order valence-electron chi connectivity index (χ0n) is 6.82. The van der Waals surface area contributed by atoms with Crippen molar-refractivity contribution in [2.75, 3.05) is 13.2 Å². The van der Waals surface area contributed by atoms with Crippen LogP contribution in [-0.4, -0.2) is 35.3 Å². The molecule has 0 atom stereocenters. The van der Waals surface area contributed by atoms with Crippen molar-refractivity contribution < 1.29 is 19.4 Å². The highest BCUT2D eigenvalue weighted by Crippen LogP contribution is 1.94. The van der Waals surface area contributed by atoms with E-state index in [2.05, 4.69) is 11.3 Å². The zero-order chi connectivity index (χ0) is 9.56. The van der Waals surface area contributed by atoms with Gasteiger partial charge in [-0.15, -0.1) is 6.58 Å². The van der Waals surface area contributed by atoms with Crippen LogP contribution in [0.3, 0.4) is 0 Å². The normalized spacial score (nSPS) is 8.75. The largest absolute Gasteiger partial charge is 0.465 e. The van der Waals surface area contributed by atoms with Gasteiger partial charge in [-0.1, -0.05) is 6.08 Å². The average molecular weight is 173 g/mol. The van der Waals surface area contributed by atoms with E-state index >= 15 is 0 Å². The van der Waals surface area contributed by atoms with Crippen LogP contribution in [0.25, 0.3) is 0 Å². The van der Waals surface area contributed by atoms with Gasteiger partial charge in [-0.25, -0.2) is 14.5 Å². The minimum Gasteiger partial charge on any atom is -0.465 e. The molecular weight excluding hydrogens is 162 g/mol. The van der Waals surface area contributed by atoms with E-state index in [1.54, 1.807) is 6.92 Å². The van der Waals surface area contributed by atoms with Crippen molar-refractivity contribution in [1.82, 2.24) is 4.90 Å². The molecule has 0 fully saturated rings. The van der Waals surface area contributed by atoms with Crippen molar-refractivity contribution in [2.45, 2.75) is 6.92 Å². The SMILES string of the molecule is C=CCN(C(=O)O)C(=O)OCC. The summed E-state index contributed by atoms with van der Waals surface area (Å²) in [5, 5.41) is 8.48. The van der Waals surface area contributed by atoms with Gasteiger partial charge in [0.1, 0.15) is 0 Å². The van der Waals surface area contributed by atoms with Crippen LogP contribution >= 0.6 is 0 Å². The van der Waals surface area contributed by atoms with Gasteiger partial charge in [0.15, 0.2) is 0 Å². The molecule has 12 heavy (non-hydrogen) atoms. The first-order chi connectivity index (χ1) is 5.63. The molecule has 0 aromatic rings. The Hall–Kier alpha value is -1.52. The van der Waals surface area contributed by atoms with E-state index in [9.17, 15) is 9.59 Å². The van der Waals surface area contributed by atoms with Gasteiger partial charge >= 0.3 is 12.2 Å². The number of rotatable bonds is 3. The molecule has 1 N–H and O–H groups in total. The number of carbonyl (C=O) groups excluding carboxylic acids is 1. The Morgan fingerprint density at radius 2 is 2.25 bits per heavy atom. The Bertz CT molecular complexity index is 190. The van der Waals surface area contributed by atoms with Crippen LogP contribution in [-0.2, 0) is 4.74 Å². The molecule has 0 radical (unpaired) electrons. The first-order valence-electron chi connectivity index (χ1n) is 3.41. The number of imide groups is 1. The third-order valence-corrected chi connectivity index (χ3v) is 1.03. The maximum Gasteiger partial charge on any atom is 0.419 e. The Morgan fingerprint density at radius 3 is 2.58 bits per heavy atom. The van der Waals surface area contributed by atoms with Gasteiger partial charge < -0.3 is 9.84 Å². The summed E-state index contributed by atoms with van der Waals surface area (Å²) in [5.74, 6) is 0. The number of hydrogen-bond acceptors (Lipinski definition) is 3. The predicted molar refractivity (Wildman–Crippen MR) is 41.9 cm³/mol. The first kappa shape index (κ1) is 10.5. The van der Waals surface area contributed by atoms with Crippen molar-refractivity contribution in [3.63, 3.8) is 0 Å². The van der Waals surface area contributed by atoms with E-state index in [0.29, 0.717) is 4.90 Å². The highest BCUT2D eigenvalue weighted by molar-refractivity contribution is 5.86. The Morgan fingerprint density at radius 1 is 1.67 bits per heavy atom. The monoisotopic (exact) mass is 173 g/mol. The molecule has 0 heterocycles. The van der Waals surface area contributed by atoms with Gasteiger partial charge in [-0.2, -0.15) is 0 Å². The summed E-state index contributed by atoms with van der Waals surface area (Å²) in [5.41, 5.74) is 0. The zero-order valence-corrected chi connectivity index (χ0v) is 6.82. The quantitative estimate of drug-likeness (QED) is 0.653. The second kappa shape index (κ2) is 5.17. The maximum absolute atomic E-state index is 10.8. The Kier molecular flexibility index (Phi) is 4.52. The van der Waals surface area contributed by atoms with Crippen molar-refractivity contribution in [3.8, 4) is 0 Å². The van der Waals surface area contributed by atoms with Gasteiger partial charge in [-0.05, 0) is 6.92 Å². The fraction of sp³-hybridized carbons (Fsp3) is 0.429. The fourth-order valence-corrected chi connectivity index (χ4v) is 0.561. The van der Waals surface area contributed by atoms with E-state index in [0.717, 1.165) is 0 Å². The molecule has 5 heteroatoms. The lowest BCUT2D eigenvalue weighted by Crippen LogP contribution is -2.36. The molecule has 68 valence electrons. The molecule has 0 aliphatic rings. The molecule has 0 aromatic heterocycles. The van der Waals surface area contributed by atoms with E-state index in [4.69, 9.17) is 5.11 Å². The predicted octanol–water partition coefficient (Wildman–Crippen LogP) is 1.31. The number of carbonyl (C=O) groups is 2. The Labute approximate surface area is 70.2 Å². The molecule has 0 aromatic carbocycles. The van der Waals surface area contributed by atoms with E-state index < -0.39 is 12.2 Å². The van der Waals surface area contributed by atoms with Gasteiger partial charge in [0.25, 0.3) is 0 Å². The third kappa shape index (κ3) is 3.05. The molecule has 2 amide bonds. The molecule has 0 saturated carbocycles. The maximum atomic E-state index is 10.8. The summed E-state index contributed by atoms with van der Waals surface area (Å²) in [6.07, 6.45) is -0.899. The van der Waals surface area contributed by atoms with Crippen LogP contribution < -0.4 is 0 Å². The van der Waals surface area contributed by atoms with Crippen LogP contribution in [0.5, 0.6) is 0 Å². The number of ether oxygens (including phenoxy) is 1. The van der Waals surface area contributed by atoms with Gasteiger partial charge in [0.05, 0.1) is 13.2 Å². The molecule has 5 nitrogen and oxygen atoms in total. The van der Waals surface area contributed by atoms with Crippen molar-refractivity contribution in [1.29, 1.82) is 0 Å². The lowest BCUT2D eigenvalue weighted by molar-refractivity contribution is 0.102. The minimum atomic E-state index is -1.34. The minimum absolute atomic E-state index is 0.0613. The first-order valence-corrected chi connectivity index (χ1v) is 3.41. The molecule has 0 rings (SSSR count). The topological polar surface area (TPSA) is 66.8 Å². The van der Waals surface area contributed by atoms with E-state index in [-0.39, 0.29) is 13.2 Å². The summed E-state index contributed by atoms with van der Waals surface area (Å²) < 4.78 is 4.48. The smallest absolute Gasteiger partial charge is 0.419 e. The number of hydrogen-bond donors (Lipinski definition) is 1. The Balaban J connectivity index is 4.18. The van der Waals surface area contributed by atoms with Gasteiger partial charge in [0, 0.05) is 0 Å². The highest BCUT2D eigenvalue weighted by atomic mass is 16.6. The van der Waals surface area contributed by atoms with E-state index in [1.165, 1.54) is 6.08 Å². The molecular formula is C7H11NO4. The van der Waals surface area contributed by atoms with Crippen molar-refractivity contribution in [3.05, 3.63) is 12.7 Å². The molecule has 0 aliphatic heterocycles. The van der Waals surface area contributed by atoms with Gasteiger partial charge in [0.2, 0.25) is 0 Å². The summed E-state index contributed by atoms with van der Waals surface area (Å²) >= 11 is 0. The second-order valence-electron chi connectivity index (χ2n) is 1.88. The average Bonchev–Trinajstić information content (AvgIpc) is 1.99. The van der Waals surface area contributed by atoms with Gasteiger partial charge in [-0.3, -0.25) is 0 Å². The van der Waals surface area contributed by atoms with Crippen molar-refractivity contribution >= 4 is 12.2 Å². The lowest BCUT2D eigenvalue weighted by atomic mass is 10.5. The van der Waals surface area contributed by atoms with Crippen LogP contribution in [0, 0.1) is 0 Å². The molecule has 0 saturated heterocycles. The lowest BCUT2D eigenvalue weighted by Gasteiger charge is -2.13. The van der Waals surface area contributed by atoms with Crippen LogP contribution in [0.15, 0.2) is 12.7 Å². The van der Waals surface area contributed by atoms with E-state index in [1.807, 2.05) is 0 Å². The summed E-state index contributed by atoms with van der Waals surface area (Å²) in [6, 6.07) is 0. The molecule has 0 spiro atoms. The molecule has 0 unspecified atom stereocenters. The summed E-state index contributed by atoms with van der Waals surface area (Å²) in [4.78, 5) is 21.8. The third-order valence-electron chi connectivity index (χ3n) is 1.03.